The van der Waals surface area contributed by atoms with Crippen LogP contribution in [-0.2, 0) is 11.4 Å². The lowest BCUT2D eigenvalue weighted by Gasteiger charge is -2.14. The van der Waals surface area contributed by atoms with E-state index in [1.54, 1.807) is 35.2 Å². The van der Waals surface area contributed by atoms with E-state index in [0.717, 1.165) is 18.4 Å². The average molecular weight is 508 g/mol. The molecule has 0 saturated carbocycles. The molecule has 1 aliphatic heterocycles. The lowest BCUT2D eigenvalue weighted by molar-refractivity contribution is -0.125. The lowest BCUT2D eigenvalue weighted by atomic mass is 10.1. The van der Waals surface area contributed by atoms with Crippen LogP contribution in [0.1, 0.15) is 24.0 Å². The molecule has 0 N–H and O–H groups in total. The fourth-order valence-electron chi connectivity index (χ4n) is 2.94. The fraction of sp³-hybridized carbons (Fsp3) is 0.238. The van der Waals surface area contributed by atoms with Crippen molar-refractivity contribution in [3.8, 4) is 11.8 Å². The molecule has 4 nitrogen and oxygen atoms in total. The standard InChI is InChI=1S/C21H17Br2FN2O2/c22-18-10-15(9-16(12-25)21(27)26-7-1-2-8-26)11-19(23)20(18)28-13-14-3-5-17(24)6-4-14/h3-6,9-11H,1-2,7-8,13H2/b16-9+. The Hall–Kier alpha value is -2.17. The van der Waals surface area contributed by atoms with Gasteiger partial charge in [0.2, 0.25) is 0 Å². The second-order valence-corrected chi connectivity index (χ2v) is 8.11. The first kappa shape index (κ1) is 20.6. The molecule has 2 aromatic carbocycles. The summed E-state index contributed by atoms with van der Waals surface area (Å²) in [4.78, 5) is 14.2. The molecule has 0 spiro atoms. The minimum absolute atomic E-state index is 0.112. The molecule has 2 aromatic rings. The molecular weight excluding hydrogens is 491 g/mol. The van der Waals surface area contributed by atoms with Crippen molar-refractivity contribution in [2.24, 2.45) is 0 Å². The maximum absolute atomic E-state index is 13.0. The van der Waals surface area contributed by atoms with E-state index < -0.39 is 0 Å². The molecule has 7 heteroatoms. The molecule has 3 rings (SSSR count). The van der Waals surface area contributed by atoms with E-state index in [-0.39, 0.29) is 23.9 Å². The Bertz CT molecular complexity index is 923. The zero-order valence-corrected chi connectivity index (χ0v) is 18.1. The third kappa shape index (κ3) is 5.00. The fourth-order valence-corrected chi connectivity index (χ4v) is 4.39. The number of nitrogens with zero attached hydrogens (tertiary/aromatic N) is 2. The molecule has 1 fully saturated rings. The zero-order valence-electron chi connectivity index (χ0n) is 14.9. The number of benzene rings is 2. The highest BCUT2D eigenvalue weighted by molar-refractivity contribution is 9.11. The number of carbonyl (C=O) groups is 1. The van der Waals surface area contributed by atoms with Crippen LogP contribution >= 0.6 is 31.9 Å². The van der Waals surface area contributed by atoms with Gasteiger partial charge in [-0.1, -0.05) is 12.1 Å². The van der Waals surface area contributed by atoms with Crippen LogP contribution < -0.4 is 4.74 Å². The molecular formula is C21H17Br2FN2O2. The lowest BCUT2D eigenvalue weighted by Crippen LogP contribution is -2.28. The Balaban J connectivity index is 1.77. The van der Waals surface area contributed by atoms with Gasteiger partial charge in [-0.2, -0.15) is 5.26 Å². The first-order chi connectivity index (χ1) is 13.5. The van der Waals surface area contributed by atoms with Crippen LogP contribution in [0.5, 0.6) is 5.75 Å². The van der Waals surface area contributed by atoms with Gasteiger partial charge >= 0.3 is 0 Å². The van der Waals surface area contributed by atoms with Gasteiger partial charge < -0.3 is 9.64 Å². The SMILES string of the molecule is N#C/C(=C\c1cc(Br)c(OCc2ccc(F)cc2)c(Br)c1)C(=O)N1CCCC1. The molecule has 0 aromatic heterocycles. The molecule has 0 aliphatic carbocycles. The van der Waals surface area contributed by atoms with Crippen molar-refractivity contribution in [3.63, 3.8) is 0 Å². The quantitative estimate of drug-likeness (QED) is 0.399. The van der Waals surface area contributed by atoms with E-state index in [4.69, 9.17) is 4.74 Å². The number of hydrogen-bond acceptors (Lipinski definition) is 3. The normalized spacial score (nSPS) is 14.1. The van der Waals surface area contributed by atoms with Crippen LogP contribution in [0.4, 0.5) is 4.39 Å². The second kappa shape index (κ2) is 9.35. The van der Waals surface area contributed by atoms with Crippen molar-refractivity contribution in [2.75, 3.05) is 13.1 Å². The predicted octanol–water partition coefficient (Wildman–Crippen LogP) is 5.46. The van der Waals surface area contributed by atoms with Crippen LogP contribution in [0.2, 0.25) is 0 Å². The molecule has 1 amide bonds. The summed E-state index contributed by atoms with van der Waals surface area (Å²) in [5.74, 6) is 0.0637. The summed E-state index contributed by atoms with van der Waals surface area (Å²) in [6.07, 6.45) is 3.53. The van der Waals surface area contributed by atoms with Crippen LogP contribution in [0.15, 0.2) is 50.9 Å². The van der Waals surface area contributed by atoms with Crippen molar-refractivity contribution >= 4 is 43.8 Å². The molecule has 1 heterocycles. The van der Waals surface area contributed by atoms with Gasteiger partial charge in [-0.05, 0) is 86.2 Å². The number of ether oxygens (including phenoxy) is 1. The number of halogens is 3. The minimum Gasteiger partial charge on any atom is -0.487 e. The van der Waals surface area contributed by atoms with Crippen molar-refractivity contribution in [1.82, 2.24) is 4.90 Å². The van der Waals surface area contributed by atoms with Gasteiger partial charge in [-0.3, -0.25) is 4.79 Å². The summed E-state index contributed by atoms with van der Waals surface area (Å²) in [5, 5.41) is 9.40. The summed E-state index contributed by atoms with van der Waals surface area (Å²) in [6, 6.07) is 11.7. The first-order valence-electron chi connectivity index (χ1n) is 8.75. The van der Waals surface area contributed by atoms with Gasteiger partial charge in [0.1, 0.15) is 29.8 Å². The van der Waals surface area contributed by atoms with Crippen LogP contribution in [-0.4, -0.2) is 23.9 Å². The van der Waals surface area contributed by atoms with Crippen LogP contribution in [0, 0.1) is 17.1 Å². The highest BCUT2D eigenvalue weighted by atomic mass is 79.9. The van der Waals surface area contributed by atoms with E-state index in [1.807, 2.05) is 6.07 Å². The summed E-state index contributed by atoms with van der Waals surface area (Å²) >= 11 is 6.95. The minimum atomic E-state index is -0.293. The molecule has 0 radical (unpaired) electrons. The van der Waals surface area contributed by atoms with Gasteiger partial charge in [-0.15, -0.1) is 0 Å². The van der Waals surface area contributed by atoms with Gasteiger partial charge in [0, 0.05) is 13.1 Å². The third-order valence-electron chi connectivity index (χ3n) is 4.37. The van der Waals surface area contributed by atoms with E-state index >= 15 is 0 Å². The van der Waals surface area contributed by atoms with E-state index in [2.05, 4.69) is 31.9 Å². The maximum atomic E-state index is 13.0. The van der Waals surface area contributed by atoms with Gasteiger partial charge in [0.05, 0.1) is 8.95 Å². The topological polar surface area (TPSA) is 53.3 Å². The maximum Gasteiger partial charge on any atom is 0.264 e. The van der Waals surface area contributed by atoms with Gasteiger partial charge in [0.25, 0.3) is 5.91 Å². The average Bonchev–Trinajstić information content (AvgIpc) is 3.21. The number of amides is 1. The van der Waals surface area contributed by atoms with E-state index in [0.29, 0.717) is 33.3 Å². The Morgan fingerprint density at radius 2 is 1.79 bits per heavy atom. The zero-order chi connectivity index (χ0) is 20.1. The molecule has 1 saturated heterocycles. The highest BCUT2D eigenvalue weighted by Crippen LogP contribution is 2.36. The first-order valence-corrected chi connectivity index (χ1v) is 10.3. The summed E-state index contributed by atoms with van der Waals surface area (Å²) < 4.78 is 20.2. The predicted molar refractivity (Wildman–Crippen MR) is 112 cm³/mol. The Morgan fingerprint density at radius 3 is 2.36 bits per heavy atom. The van der Waals surface area contributed by atoms with Crippen molar-refractivity contribution in [2.45, 2.75) is 19.4 Å². The summed E-state index contributed by atoms with van der Waals surface area (Å²) in [5.41, 5.74) is 1.66. The summed E-state index contributed by atoms with van der Waals surface area (Å²) in [7, 11) is 0. The number of rotatable bonds is 5. The van der Waals surface area contributed by atoms with E-state index in [1.165, 1.54) is 12.1 Å². The number of nitriles is 1. The molecule has 28 heavy (non-hydrogen) atoms. The van der Waals surface area contributed by atoms with Crippen molar-refractivity contribution in [1.29, 1.82) is 5.26 Å². The van der Waals surface area contributed by atoms with Gasteiger partial charge in [-0.25, -0.2) is 4.39 Å². The number of hydrogen-bond donors (Lipinski definition) is 0. The highest BCUT2D eigenvalue weighted by Gasteiger charge is 2.21. The molecule has 0 unspecified atom stereocenters. The van der Waals surface area contributed by atoms with Crippen LogP contribution in [0.3, 0.4) is 0 Å². The second-order valence-electron chi connectivity index (χ2n) is 6.40. The third-order valence-corrected chi connectivity index (χ3v) is 5.55. The van der Waals surface area contributed by atoms with Gasteiger partial charge in [0.15, 0.2) is 0 Å². The smallest absolute Gasteiger partial charge is 0.264 e. The monoisotopic (exact) mass is 506 g/mol. The molecule has 0 atom stereocenters. The van der Waals surface area contributed by atoms with Crippen molar-refractivity contribution < 1.29 is 13.9 Å². The Kier molecular flexibility index (Phi) is 6.87. The molecule has 144 valence electrons. The summed E-state index contributed by atoms with van der Waals surface area (Å²) in [6.45, 7) is 1.67. The Morgan fingerprint density at radius 1 is 1.18 bits per heavy atom. The van der Waals surface area contributed by atoms with Crippen LogP contribution in [0.25, 0.3) is 6.08 Å². The van der Waals surface area contributed by atoms with Crippen molar-refractivity contribution in [3.05, 3.63) is 67.9 Å². The molecule has 0 bridgehead atoms. The number of likely N-dealkylation sites (tertiary alicyclic amines) is 1. The molecule has 1 aliphatic rings. The number of carbonyl (C=O) groups excluding carboxylic acids is 1. The Labute approximate surface area is 179 Å². The van der Waals surface area contributed by atoms with E-state index in [9.17, 15) is 14.4 Å². The largest absolute Gasteiger partial charge is 0.487 e.